The minimum Gasteiger partial charge on any atom is -0.505 e. The number of halogens is 2. The van der Waals surface area contributed by atoms with E-state index in [2.05, 4.69) is 31.0 Å². The standard InChI is InChI=1S/C24H32O6.C15H20Cl2N2O3/c1-13-9-16-17-6-8-24(29,20(28)12-30-14(2)25)23(17,4)11-19(27)21(16)22(3)7-5-15(26)10-18(13)22;1-3-19-6-4-5-9(19)8-18-15(21)12-13(20)10(16)7-11(17)14(12)22-2/h5,7,10,13,16-17,19,21,27,29H,6,8-9,11-12H2,1-4H3;7,9,20H,3-6,8H2,1-2H3,(H,18,21)/t13-,16-,17-,19-,21+,22-,23-,24-;9-/m00/s1. The number of hydrogen-bond acceptors (Lipinski definition) is 10. The van der Waals surface area contributed by atoms with E-state index in [4.69, 9.17) is 32.7 Å². The Morgan fingerprint density at radius 2 is 1.87 bits per heavy atom. The van der Waals surface area contributed by atoms with Gasteiger partial charge in [-0.15, -0.1) is 0 Å². The Bertz CT molecular complexity index is 1660. The van der Waals surface area contributed by atoms with Crippen LogP contribution in [-0.2, 0) is 19.1 Å². The van der Waals surface area contributed by atoms with Gasteiger partial charge in [0.15, 0.2) is 23.9 Å². The first-order valence-electron chi connectivity index (χ1n) is 18.2. The quantitative estimate of drug-likeness (QED) is 0.256. The number of Topliss-reactive ketones (excluding diaryl/α,β-unsaturated/α-hetero) is 1. The molecule has 11 nitrogen and oxygen atoms in total. The lowest BCUT2D eigenvalue weighted by Crippen LogP contribution is -2.62. The van der Waals surface area contributed by atoms with Gasteiger partial charge in [-0.3, -0.25) is 24.1 Å². The number of aliphatic hydroxyl groups excluding tert-OH is 1. The second-order valence-electron chi connectivity index (χ2n) is 15.6. The third-order valence-corrected chi connectivity index (χ3v) is 13.4. The number of benzene rings is 1. The van der Waals surface area contributed by atoms with Gasteiger partial charge in [0.05, 0.1) is 23.3 Å². The molecular weight excluding hydrogens is 711 g/mol. The molecule has 1 aromatic carbocycles. The first-order chi connectivity index (χ1) is 24.4. The maximum Gasteiger partial charge on any atom is 0.303 e. The maximum atomic E-state index is 12.9. The van der Waals surface area contributed by atoms with Crippen molar-refractivity contribution in [3.63, 3.8) is 0 Å². The van der Waals surface area contributed by atoms with Gasteiger partial charge in [0.25, 0.3) is 5.91 Å². The Morgan fingerprint density at radius 3 is 2.52 bits per heavy atom. The van der Waals surface area contributed by atoms with Gasteiger partial charge in [-0.05, 0) is 87.6 Å². The fourth-order valence-corrected chi connectivity index (χ4v) is 10.9. The summed E-state index contributed by atoms with van der Waals surface area (Å²) in [5.41, 5.74) is -1.74. The number of nitrogens with one attached hydrogen (secondary N) is 1. The number of allylic oxidation sites excluding steroid dienone is 4. The molecule has 0 aromatic heterocycles. The highest BCUT2D eigenvalue weighted by Gasteiger charge is 2.68. The van der Waals surface area contributed by atoms with Gasteiger partial charge >= 0.3 is 5.97 Å². The summed E-state index contributed by atoms with van der Waals surface area (Å²) in [5.74, 6) is -1.35. The highest BCUT2D eigenvalue weighted by molar-refractivity contribution is 6.37. The van der Waals surface area contributed by atoms with Gasteiger partial charge in [-0.1, -0.05) is 62.5 Å². The molecule has 0 bridgehead atoms. The Hall–Kier alpha value is -2.96. The largest absolute Gasteiger partial charge is 0.505 e. The highest BCUT2D eigenvalue weighted by atomic mass is 35.5. The topological polar surface area (TPSA) is 163 Å². The van der Waals surface area contributed by atoms with Crippen LogP contribution in [0.5, 0.6) is 11.5 Å². The number of esters is 1. The van der Waals surface area contributed by atoms with Gasteiger partial charge in [-0.2, -0.15) is 0 Å². The van der Waals surface area contributed by atoms with Crippen LogP contribution in [0.25, 0.3) is 0 Å². The molecule has 1 saturated heterocycles. The number of likely N-dealkylation sites (N-methyl/N-ethyl adjacent to an activating group) is 1. The predicted octanol–water partition coefficient (Wildman–Crippen LogP) is 5.30. The zero-order valence-electron chi connectivity index (χ0n) is 30.8. The number of ketones is 2. The molecule has 286 valence electrons. The molecular formula is C39H52Cl2N2O9. The Labute approximate surface area is 315 Å². The van der Waals surface area contributed by atoms with Gasteiger partial charge in [0.1, 0.15) is 11.2 Å². The number of amides is 1. The van der Waals surface area contributed by atoms with Crippen LogP contribution in [0.4, 0.5) is 0 Å². The normalized spacial score (nSPS) is 35.0. The van der Waals surface area contributed by atoms with Crippen molar-refractivity contribution in [3.05, 3.63) is 45.5 Å². The van der Waals surface area contributed by atoms with Crippen LogP contribution in [0.3, 0.4) is 0 Å². The molecule has 6 rings (SSSR count). The second-order valence-corrected chi connectivity index (χ2v) is 16.4. The number of rotatable bonds is 8. The molecule has 1 aromatic rings. The number of aliphatic hydroxyl groups is 2. The third kappa shape index (κ3) is 7.04. The van der Waals surface area contributed by atoms with Crippen molar-refractivity contribution in [2.75, 3.05) is 33.4 Å². The first-order valence-corrected chi connectivity index (χ1v) is 19.0. The number of carbonyl (C=O) groups excluding carboxylic acids is 4. The molecule has 13 heteroatoms. The number of nitrogens with zero attached hydrogens (tertiary/aromatic N) is 1. The molecule has 52 heavy (non-hydrogen) atoms. The lowest BCUT2D eigenvalue weighted by Gasteiger charge is -2.60. The van der Waals surface area contributed by atoms with E-state index in [1.54, 1.807) is 12.2 Å². The summed E-state index contributed by atoms with van der Waals surface area (Å²) in [6, 6.07) is 1.67. The number of phenols is 1. The lowest BCUT2D eigenvalue weighted by atomic mass is 9.45. The number of likely N-dealkylation sites (tertiary alicyclic amines) is 1. The van der Waals surface area contributed by atoms with E-state index in [0.29, 0.717) is 31.8 Å². The predicted molar refractivity (Wildman–Crippen MR) is 196 cm³/mol. The van der Waals surface area contributed by atoms with E-state index in [0.717, 1.165) is 37.9 Å². The van der Waals surface area contributed by atoms with Crippen molar-refractivity contribution in [1.29, 1.82) is 0 Å². The van der Waals surface area contributed by atoms with Crippen molar-refractivity contribution < 1.29 is 44.0 Å². The molecule has 9 atom stereocenters. The second kappa shape index (κ2) is 15.4. The van der Waals surface area contributed by atoms with Crippen molar-refractivity contribution >= 4 is 46.6 Å². The molecule has 4 N–H and O–H groups in total. The molecule has 5 aliphatic rings. The van der Waals surface area contributed by atoms with E-state index < -0.39 is 46.8 Å². The number of carbonyl (C=O) groups is 4. The summed E-state index contributed by atoms with van der Waals surface area (Å²) in [7, 11) is 1.39. The summed E-state index contributed by atoms with van der Waals surface area (Å²) < 4.78 is 10.0. The molecule has 0 spiro atoms. The maximum absolute atomic E-state index is 12.9. The van der Waals surface area contributed by atoms with E-state index in [9.17, 15) is 34.5 Å². The zero-order valence-corrected chi connectivity index (χ0v) is 32.4. The summed E-state index contributed by atoms with van der Waals surface area (Å²) in [6.07, 6.45) is 8.89. The summed E-state index contributed by atoms with van der Waals surface area (Å²) in [5, 5.41) is 36.0. The van der Waals surface area contributed by atoms with Crippen molar-refractivity contribution in [3.8, 4) is 11.5 Å². The van der Waals surface area contributed by atoms with Crippen molar-refractivity contribution in [2.45, 2.75) is 90.9 Å². The van der Waals surface area contributed by atoms with Gasteiger partial charge in [0, 0.05) is 36.3 Å². The monoisotopic (exact) mass is 762 g/mol. The van der Waals surface area contributed by atoms with E-state index in [1.807, 2.05) is 13.0 Å². The van der Waals surface area contributed by atoms with Crippen LogP contribution in [-0.4, -0.2) is 94.8 Å². The molecule has 4 aliphatic carbocycles. The molecule has 1 amide bonds. The SMILES string of the molecule is CC(=O)OCC(=O)[C@@]1(O)CC[C@H]2[C@@H]3C[C@H](C)C4=CC(=O)C=C[C@]4(C)[C@H]3[C@@H](O)C[C@@]21C.CCN1CCC[C@H]1CNC(=O)c1c(O)c(Cl)cc(Cl)c1OC. The number of hydrogen-bond donors (Lipinski definition) is 4. The number of fused-ring (bicyclic) bond motifs is 5. The number of ether oxygens (including phenoxy) is 2. The van der Waals surface area contributed by atoms with Gasteiger partial charge in [-0.25, -0.2) is 0 Å². The fraction of sp³-hybridized carbons (Fsp3) is 0.641. The van der Waals surface area contributed by atoms with Crippen LogP contribution in [0, 0.1) is 34.5 Å². The van der Waals surface area contributed by atoms with Crippen LogP contribution < -0.4 is 10.1 Å². The fourth-order valence-electron chi connectivity index (χ4n) is 10.3. The molecule has 1 heterocycles. The molecule has 3 saturated carbocycles. The molecule has 0 radical (unpaired) electrons. The van der Waals surface area contributed by atoms with Crippen LogP contribution in [0.2, 0.25) is 10.0 Å². The number of aromatic hydroxyl groups is 1. The van der Waals surface area contributed by atoms with Crippen LogP contribution in [0.1, 0.15) is 83.5 Å². The van der Waals surface area contributed by atoms with Crippen LogP contribution >= 0.6 is 23.2 Å². The van der Waals surface area contributed by atoms with Gasteiger partial charge < -0.3 is 30.1 Å². The Kier molecular flexibility index (Phi) is 11.9. The molecule has 0 unspecified atom stereocenters. The van der Waals surface area contributed by atoms with Crippen molar-refractivity contribution in [1.82, 2.24) is 10.2 Å². The van der Waals surface area contributed by atoms with Crippen LogP contribution in [0.15, 0.2) is 29.9 Å². The zero-order chi connectivity index (χ0) is 38.3. The molecule has 4 fully saturated rings. The summed E-state index contributed by atoms with van der Waals surface area (Å²) in [4.78, 5) is 50.8. The van der Waals surface area contributed by atoms with E-state index in [1.165, 1.54) is 20.1 Å². The average Bonchev–Trinajstić information content (AvgIpc) is 3.66. The van der Waals surface area contributed by atoms with Crippen molar-refractivity contribution in [2.24, 2.45) is 34.5 Å². The summed E-state index contributed by atoms with van der Waals surface area (Å²) in [6.45, 7) is 11.6. The smallest absolute Gasteiger partial charge is 0.303 e. The summed E-state index contributed by atoms with van der Waals surface area (Å²) >= 11 is 11.9. The van der Waals surface area contributed by atoms with E-state index in [-0.39, 0.29) is 56.6 Å². The Morgan fingerprint density at radius 1 is 1.15 bits per heavy atom. The minimum atomic E-state index is -1.61. The minimum absolute atomic E-state index is 0.00535. The number of phenolic OH excluding ortho intramolecular Hbond substituents is 1. The Balaban J connectivity index is 0.000000212. The third-order valence-electron chi connectivity index (χ3n) is 12.8. The highest BCUT2D eigenvalue weighted by Crippen LogP contribution is 2.67. The first kappa shape index (κ1) is 40.2. The average molecular weight is 764 g/mol. The molecule has 1 aliphatic heterocycles. The lowest BCUT2D eigenvalue weighted by molar-refractivity contribution is -0.182. The number of methoxy groups -OCH3 is 1. The van der Waals surface area contributed by atoms with E-state index >= 15 is 0 Å². The van der Waals surface area contributed by atoms with Gasteiger partial charge in [0.2, 0.25) is 5.78 Å².